The Bertz CT molecular complexity index is 728. The normalized spacial score (nSPS) is 10.4. The van der Waals surface area contributed by atoms with Gasteiger partial charge in [-0.25, -0.2) is 0 Å². The van der Waals surface area contributed by atoms with Crippen LogP contribution in [0.4, 0.5) is 0 Å². The van der Waals surface area contributed by atoms with Crippen LogP contribution in [-0.2, 0) is 16.0 Å². The molecule has 7 heteroatoms. The molecule has 0 saturated heterocycles. The van der Waals surface area contributed by atoms with Crippen LogP contribution in [0.2, 0.25) is 0 Å². The Labute approximate surface area is 146 Å². The summed E-state index contributed by atoms with van der Waals surface area (Å²) in [4.78, 5) is 23.6. The summed E-state index contributed by atoms with van der Waals surface area (Å²) in [7, 11) is 0. The summed E-state index contributed by atoms with van der Waals surface area (Å²) >= 11 is 0. The third kappa shape index (κ3) is 5.63. The molecular weight excluding hydrogens is 322 g/mol. The highest BCUT2D eigenvalue weighted by molar-refractivity contribution is 5.82. The summed E-state index contributed by atoms with van der Waals surface area (Å²) in [6.45, 7) is 7.38. The van der Waals surface area contributed by atoms with Crippen LogP contribution < -0.4 is 15.6 Å². The summed E-state index contributed by atoms with van der Waals surface area (Å²) in [5.41, 5.74) is 8.52. The fourth-order valence-corrected chi connectivity index (χ4v) is 2.50. The van der Waals surface area contributed by atoms with Gasteiger partial charge in [-0.05, 0) is 57.4 Å². The van der Waals surface area contributed by atoms with E-state index in [9.17, 15) is 9.59 Å². The van der Waals surface area contributed by atoms with Gasteiger partial charge in [-0.3, -0.25) is 20.4 Å². The molecule has 2 rings (SSSR count). The van der Waals surface area contributed by atoms with Gasteiger partial charge in [0.2, 0.25) is 5.91 Å². The minimum atomic E-state index is -0.426. The number of hydrazine groups is 1. The summed E-state index contributed by atoms with van der Waals surface area (Å²) < 4.78 is 10.5. The molecule has 1 aromatic carbocycles. The molecule has 0 aliphatic rings. The van der Waals surface area contributed by atoms with Crippen molar-refractivity contribution < 1.29 is 18.8 Å². The number of hydrogen-bond donors (Lipinski definition) is 2. The van der Waals surface area contributed by atoms with Crippen LogP contribution in [0.15, 0.2) is 22.7 Å². The zero-order valence-electron chi connectivity index (χ0n) is 14.9. The van der Waals surface area contributed by atoms with Crippen LogP contribution in [0.3, 0.4) is 0 Å². The lowest BCUT2D eigenvalue weighted by molar-refractivity contribution is -0.130. The first-order valence-electron chi connectivity index (χ1n) is 8.05. The van der Waals surface area contributed by atoms with Crippen molar-refractivity contribution in [3.8, 4) is 5.75 Å². The second-order valence-electron chi connectivity index (χ2n) is 6.01. The number of carbonyl (C=O) groups excluding carboxylic acids is 2. The van der Waals surface area contributed by atoms with Crippen LogP contribution in [0.1, 0.15) is 34.6 Å². The van der Waals surface area contributed by atoms with E-state index in [2.05, 4.69) is 16.0 Å². The van der Waals surface area contributed by atoms with Crippen molar-refractivity contribution >= 4 is 11.8 Å². The summed E-state index contributed by atoms with van der Waals surface area (Å²) in [6.07, 6.45) is 0.725. The van der Waals surface area contributed by atoms with Gasteiger partial charge in [0, 0.05) is 12.0 Å². The molecule has 0 atom stereocenters. The molecule has 2 aromatic rings. The van der Waals surface area contributed by atoms with Gasteiger partial charge in [-0.1, -0.05) is 11.2 Å². The Hall–Kier alpha value is -2.83. The third-order valence-electron chi connectivity index (χ3n) is 3.69. The third-order valence-corrected chi connectivity index (χ3v) is 3.69. The topological polar surface area (TPSA) is 93.5 Å². The highest BCUT2D eigenvalue weighted by Crippen LogP contribution is 2.16. The second-order valence-corrected chi connectivity index (χ2v) is 6.01. The lowest BCUT2D eigenvalue weighted by Gasteiger charge is -2.10. The molecule has 1 aromatic heterocycles. The molecule has 1 heterocycles. The van der Waals surface area contributed by atoms with Crippen LogP contribution in [0.5, 0.6) is 5.75 Å². The number of nitrogens with zero attached hydrogens (tertiary/aromatic N) is 1. The summed E-state index contributed by atoms with van der Waals surface area (Å²) in [6, 6.07) is 5.72. The lowest BCUT2D eigenvalue weighted by atomic mass is 10.1. The fourth-order valence-electron chi connectivity index (χ4n) is 2.50. The summed E-state index contributed by atoms with van der Waals surface area (Å²) in [5, 5.41) is 3.84. The van der Waals surface area contributed by atoms with Crippen molar-refractivity contribution in [2.75, 3.05) is 6.61 Å². The largest absolute Gasteiger partial charge is 0.484 e. The van der Waals surface area contributed by atoms with E-state index in [1.165, 1.54) is 0 Å². The quantitative estimate of drug-likeness (QED) is 0.782. The molecule has 0 aliphatic heterocycles. The molecule has 0 radical (unpaired) electrons. The molecule has 2 amide bonds. The first-order valence-corrected chi connectivity index (χ1v) is 8.05. The van der Waals surface area contributed by atoms with E-state index in [1.807, 2.05) is 39.0 Å². The number of ether oxygens (including phenoxy) is 1. The number of hydrogen-bond acceptors (Lipinski definition) is 5. The van der Waals surface area contributed by atoms with Crippen molar-refractivity contribution in [3.63, 3.8) is 0 Å². The van der Waals surface area contributed by atoms with E-state index in [0.717, 1.165) is 22.4 Å². The van der Waals surface area contributed by atoms with Crippen LogP contribution in [0, 0.1) is 27.7 Å². The van der Waals surface area contributed by atoms with Gasteiger partial charge in [-0.2, -0.15) is 0 Å². The van der Waals surface area contributed by atoms with Gasteiger partial charge in [-0.15, -0.1) is 0 Å². The van der Waals surface area contributed by atoms with E-state index in [0.29, 0.717) is 17.9 Å². The van der Waals surface area contributed by atoms with Crippen molar-refractivity contribution in [1.29, 1.82) is 0 Å². The molecule has 0 bridgehead atoms. The minimum absolute atomic E-state index is 0.174. The van der Waals surface area contributed by atoms with Crippen LogP contribution in [0.25, 0.3) is 0 Å². The maximum absolute atomic E-state index is 11.8. The average molecular weight is 345 g/mol. The Kier molecular flexibility index (Phi) is 6.16. The molecule has 0 aliphatic carbocycles. The number of aryl methyl sites for hydroxylation is 4. The van der Waals surface area contributed by atoms with E-state index in [4.69, 9.17) is 9.26 Å². The standard InChI is InChI=1S/C18H23N3O4/c1-11-7-12(2)9-15(8-11)24-10-18(23)20-19-17(22)6-5-16-13(3)21-25-14(16)4/h7-9H,5-6,10H2,1-4H3,(H,19,22)(H,20,23). The first-order chi connectivity index (χ1) is 11.8. The van der Waals surface area contributed by atoms with Gasteiger partial charge in [0.05, 0.1) is 5.69 Å². The number of amides is 2. The van der Waals surface area contributed by atoms with Crippen LogP contribution >= 0.6 is 0 Å². The van der Waals surface area contributed by atoms with Crippen molar-refractivity contribution in [1.82, 2.24) is 16.0 Å². The molecule has 0 saturated carbocycles. The monoisotopic (exact) mass is 345 g/mol. The highest BCUT2D eigenvalue weighted by Gasteiger charge is 2.12. The number of benzene rings is 1. The van der Waals surface area contributed by atoms with Gasteiger partial charge in [0.1, 0.15) is 11.5 Å². The average Bonchev–Trinajstić information content (AvgIpc) is 2.86. The lowest BCUT2D eigenvalue weighted by Crippen LogP contribution is -2.43. The number of carbonyl (C=O) groups is 2. The van der Waals surface area contributed by atoms with Gasteiger partial charge in [0.15, 0.2) is 6.61 Å². The van der Waals surface area contributed by atoms with E-state index < -0.39 is 5.91 Å². The number of aromatic nitrogens is 1. The fraction of sp³-hybridized carbons (Fsp3) is 0.389. The van der Waals surface area contributed by atoms with Crippen molar-refractivity contribution in [2.24, 2.45) is 0 Å². The molecule has 7 nitrogen and oxygen atoms in total. The molecule has 134 valence electrons. The number of rotatable bonds is 6. The first kappa shape index (κ1) is 18.5. The zero-order valence-corrected chi connectivity index (χ0v) is 14.9. The molecule has 2 N–H and O–H groups in total. The second kappa shape index (κ2) is 8.32. The predicted octanol–water partition coefficient (Wildman–Crippen LogP) is 2.07. The minimum Gasteiger partial charge on any atom is -0.484 e. The number of nitrogens with one attached hydrogen (secondary N) is 2. The summed E-state index contributed by atoms with van der Waals surface area (Å²) in [5.74, 6) is 0.609. The van der Waals surface area contributed by atoms with E-state index >= 15 is 0 Å². The molecule has 0 unspecified atom stereocenters. The zero-order chi connectivity index (χ0) is 18.4. The highest BCUT2D eigenvalue weighted by atomic mass is 16.5. The van der Waals surface area contributed by atoms with Gasteiger partial charge < -0.3 is 9.26 Å². The smallest absolute Gasteiger partial charge is 0.276 e. The Balaban J connectivity index is 1.71. The Morgan fingerprint density at radius 1 is 1.04 bits per heavy atom. The molecule has 0 fully saturated rings. The predicted molar refractivity (Wildman–Crippen MR) is 92.0 cm³/mol. The Morgan fingerprint density at radius 3 is 2.28 bits per heavy atom. The maximum atomic E-state index is 11.8. The van der Waals surface area contributed by atoms with E-state index in [1.54, 1.807) is 6.92 Å². The van der Waals surface area contributed by atoms with Crippen LogP contribution in [-0.4, -0.2) is 23.6 Å². The Morgan fingerprint density at radius 2 is 1.68 bits per heavy atom. The van der Waals surface area contributed by atoms with Gasteiger partial charge >= 0.3 is 0 Å². The molecular formula is C18H23N3O4. The maximum Gasteiger partial charge on any atom is 0.276 e. The SMILES string of the molecule is Cc1cc(C)cc(OCC(=O)NNC(=O)CCc2c(C)noc2C)c1. The van der Waals surface area contributed by atoms with Crippen molar-refractivity contribution in [2.45, 2.75) is 40.5 Å². The van der Waals surface area contributed by atoms with Crippen molar-refractivity contribution in [3.05, 3.63) is 46.3 Å². The molecule has 25 heavy (non-hydrogen) atoms. The van der Waals surface area contributed by atoms with Gasteiger partial charge in [0.25, 0.3) is 5.91 Å². The van der Waals surface area contributed by atoms with E-state index in [-0.39, 0.29) is 18.9 Å². The molecule has 0 spiro atoms.